The first kappa shape index (κ1) is 37.7. The average Bonchev–Trinajstić information content (AvgIpc) is 3.69. The Bertz CT molecular complexity index is 1370. The van der Waals surface area contributed by atoms with Crippen LogP contribution < -0.4 is 21.3 Å². The smallest absolute Gasteiger partial charge is 0.272 e. The number of rotatable bonds is 16. The van der Waals surface area contributed by atoms with E-state index in [-0.39, 0.29) is 47.2 Å². The molecule has 5 N–H and O–H groups in total. The Morgan fingerprint density at radius 3 is 2.40 bits per heavy atom. The normalized spacial score (nSPS) is 24.7. The summed E-state index contributed by atoms with van der Waals surface area (Å²) >= 11 is 0. The number of carbonyl (C=O) groups excluding carboxylic acids is 4. The highest BCUT2D eigenvalue weighted by atomic mass is 16.5. The minimum Gasteiger partial charge on any atom is -0.381 e. The molecule has 0 radical (unpaired) electrons. The molecule has 276 valence electrons. The van der Waals surface area contributed by atoms with E-state index in [1.807, 2.05) is 20.8 Å². The number of methoxy groups -OCH3 is 1. The summed E-state index contributed by atoms with van der Waals surface area (Å²) < 4.78 is 5.90. The average molecular weight is 696 g/mol. The summed E-state index contributed by atoms with van der Waals surface area (Å²) in [5.74, 6) is -1.26. The fourth-order valence-electron chi connectivity index (χ4n) is 8.13. The summed E-state index contributed by atoms with van der Waals surface area (Å²) in [6.07, 6.45) is 13.6. The number of carbonyl (C=O) groups is 4. The van der Waals surface area contributed by atoms with E-state index in [9.17, 15) is 24.3 Å². The van der Waals surface area contributed by atoms with E-state index < -0.39 is 41.8 Å². The van der Waals surface area contributed by atoms with E-state index in [1.165, 1.54) is 18.6 Å². The molecular weight excluding hydrogens is 638 g/mol. The minimum atomic E-state index is -1.39. The zero-order valence-corrected chi connectivity index (χ0v) is 30.2. The number of nitrogens with zero attached hydrogens (tertiary/aromatic N) is 3. The van der Waals surface area contributed by atoms with Gasteiger partial charge in [-0.2, -0.15) is 0 Å². The standard InChI is InChI=1S/C37H57N7O6/c1-6-11-27(31(45)35(48)41-25-16-17-25)42-34(47)30-26-15-10-14-24(26)21-44(30)36(49)32(37(3,4)50-5)40-22(2)29(23-12-8-7-9-13-23)43-33(46)28-20-38-18-19-39-28/h18-20,23-27,29-32,40,45H,2,6-17,21H2,1,3-5H3,(H,41,48)(H,42,47)(H,43,46)/t24?,26-,27-,29+,30-,31?,32?/m0/s1. The lowest BCUT2D eigenvalue weighted by molar-refractivity contribution is -0.147. The van der Waals surface area contributed by atoms with Crippen molar-refractivity contribution in [2.75, 3.05) is 13.7 Å². The highest BCUT2D eigenvalue weighted by Crippen LogP contribution is 2.43. The maximum Gasteiger partial charge on any atom is 0.272 e. The van der Waals surface area contributed by atoms with E-state index in [2.05, 4.69) is 37.8 Å². The summed E-state index contributed by atoms with van der Waals surface area (Å²) in [7, 11) is 1.55. The Morgan fingerprint density at radius 2 is 1.76 bits per heavy atom. The monoisotopic (exact) mass is 695 g/mol. The van der Waals surface area contributed by atoms with Crippen molar-refractivity contribution in [1.82, 2.24) is 36.1 Å². The van der Waals surface area contributed by atoms with Gasteiger partial charge in [-0.05, 0) is 76.5 Å². The van der Waals surface area contributed by atoms with Gasteiger partial charge in [-0.15, -0.1) is 0 Å². The van der Waals surface area contributed by atoms with Gasteiger partial charge in [0.25, 0.3) is 11.8 Å². The summed E-state index contributed by atoms with van der Waals surface area (Å²) in [5.41, 5.74) is -0.335. The molecule has 4 fully saturated rings. The second kappa shape index (κ2) is 16.6. The van der Waals surface area contributed by atoms with Crippen LogP contribution in [0.3, 0.4) is 0 Å². The maximum absolute atomic E-state index is 14.8. The van der Waals surface area contributed by atoms with Gasteiger partial charge in [0.1, 0.15) is 17.8 Å². The summed E-state index contributed by atoms with van der Waals surface area (Å²) in [6, 6.07) is -2.87. The van der Waals surface area contributed by atoms with E-state index in [4.69, 9.17) is 4.74 Å². The molecule has 13 nitrogen and oxygen atoms in total. The number of aliphatic hydroxyl groups is 1. The number of ether oxygens (including phenoxy) is 1. The summed E-state index contributed by atoms with van der Waals surface area (Å²) in [5, 5.41) is 23.3. The van der Waals surface area contributed by atoms with Crippen LogP contribution in [0.25, 0.3) is 0 Å². The number of hydrogen-bond donors (Lipinski definition) is 5. The van der Waals surface area contributed by atoms with Crippen LogP contribution in [-0.2, 0) is 19.1 Å². The van der Waals surface area contributed by atoms with Gasteiger partial charge in [0, 0.05) is 37.8 Å². The topological polar surface area (TPSA) is 175 Å². The van der Waals surface area contributed by atoms with Gasteiger partial charge in [-0.3, -0.25) is 24.2 Å². The van der Waals surface area contributed by atoms with Crippen molar-refractivity contribution in [3.8, 4) is 0 Å². The van der Waals surface area contributed by atoms with Gasteiger partial charge in [0.15, 0.2) is 6.10 Å². The lowest BCUT2D eigenvalue weighted by Crippen LogP contribution is -2.62. The molecule has 3 saturated carbocycles. The molecule has 0 aromatic carbocycles. The second-order valence-electron chi connectivity index (χ2n) is 15.3. The molecule has 1 aromatic heterocycles. The number of aliphatic hydroxyl groups excluding tert-OH is 1. The van der Waals surface area contributed by atoms with Crippen molar-refractivity contribution < 1.29 is 29.0 Å². The van der Waals surface area contributed by atoms with Crippen molar-refractivity contribution in [1.29, 1.82) is 0 Å². The number of aromatic nitrogens is 2. The number of amides is 4. The van der Waals surface area contributed by atoms with Crippen LogP contribution in [0.15, 0.2) is 30.9 Å². The quantitative estimate of drug-likeness (QED) is 0.174. The van der Waals surface area contributed by atoms with E-state index >= 15 is 0 Å². The Labute approximate surface area is 296 Å². The number of fused-ring (bicyclic) bond motifs is 1. The summed E-state index contributed by atoms with van der Waals surface area (Å²) in [4.78, 5) is 65.0. The first-order valence-electron chi connectivity index (χ1n) is 18.6. The Morgan fingerprint density at radius 1 is 1.02 bits per heavy atom. The molecule has 1 aromatic rings. The van der Waals surface area contributed by atoms with Crippen LogP contribution in [0, 0.1) is 17.8 Å². The molecule has 2 heterocycles. The van der Waals surface area contributed by atoms with E-state index in [1.54, 1.807) is 12.0 Å². The van der Waals surface area contributed by atoms with Gasteiger partial charge in [0.2, 0.25) is 11.8 Å². The van der Waals surface area contributed by atoms with Crippen LogP contribution in [0.4, 0.5) is 0 Å². The summed E-state index contributed by atoms with van der Waals surface area (Å²) in [6.45, 7) is 10.4. The van der Waals surface area contributed by atoms with Gasteiger partial charge in [0.05, 0.1) is 23.9 Å². The SMILES string of the molecule is C=C(NC(C(=O)N1CC2CCC[C@@H]2[C@H]1C(=O)N[C@@H](CCC)C(O)C(=O)NC1CC1)C(C)(C)OC)[C@@H](NC(=O)c1cnccn1)C1CCCCC1. The van der Waals surface area contributed by atoms with Crippen molar-refractivity contribution in [2.45, 2.75) is 140 Å². The van der Waals surface area contributed by atoms with Crippen LogP contribution in [0.2, 0.25) is 0 Å². The molecule has 3 unspecified atom stereocenters. The van der Waals surface area contributed by atoms with Crippen molar-refractivity contribution >= 4 is 23.6 Å². The molecule has 13 heteroatoms. The molecule has 0 spiro atoms. The van der Waals surface area contributed by atoms with Crippen molar-refractivity contribution in [3.05, 3.63) is 36.6 Å². The zero-order valence-electron chi connectivity index (χ0n) is 30.2. The van der Waals surface area contributed by atoms with Crippen LogP contribution >= 0.6 is 0 Å². The van der Waals surface area contributed by atoms with Crippen molar-refractivity contribution in [3.63, 3.8) is 0 Å². The molecule has 1 aliphatic heterocycles. The molecule has 0 bridgehead atoms. The third kappa shape index (κ3) is 8.82. The van der Waals surface area contributed by atoms with Gasteiger partial charge < -0.3 is 36.0 Å². The molecular formula is C37H57N7O6. The molecule has 3 aliphatic carbocycles. The van der Waals surface area contributed by atoms with E-state index in [0.717, 1.165) is 64.2 Å². The molecule has 5 rings (SSSR count). The number of likely N-dealkylation sites (tertiary alicyclic amines) is 1. The number of nitrogens with one attached hydrogen (secondary N) is 4. The van der Waals surface area contributed by atoms with Gasteiger partial charge >= 0.3 is 0 Å². The minimum absolute atomic E-state index is 0.0329. The predicted octanol–water partition coefficient (Wildman–Crippen LogP) is 2.60. The first-order valence-corrected chi connectivity index (χ1v) is 18.6. The van der Waals surface area contributed by atoms with Crippen LogP contribution in [0.1, 0.15) is 108 Å². The molecule has 50 heavy (non-hydrogen) atoms. The highest BCUT2D eigenvalue weighted by Gasteiger charge is 2.53. The third-order valence-corrected chi connectivity index (χ3v) is 11.3. The van der Waals surface area contributed by atoms with Gasteiger partial charge in [-0.1, -0.05) is 45.6 Å². The van der Waals surface area contributed by atoms with Crippen molar-refractivity contribution in [2.24, 2.45) is 17.8 Å². The number of hydrogen-bond acceptors (Lipinski definition) is 9. The molecule has 4 aliphatic rings. The van der Waals surface area contributed by atoms with Crippen LogP contribution in [-0.4, -0.2) is 99.2 Å². The maximum atomic E-state index is 14.8. The highest BCUT2D eigenvalue weighted by molar-refractivity contribution is 5.93. The molecule has 4 amide bonds. The Balaban J connectivity index is 1.37. The Kier molecular flexibility index (Phi) is 12.5. The third-order valence-electron chi connectivity index (χ3n) is 11.3. The predicted molar refractivity (Wildman–Crippen MR) is 187 cm³/mol. The van der Waals surface area contributed by atoms with Gasteiger partial charge in [-0.25, -0.2) is 4.98 Å². The Hall–Kier alpha value is -3.58. The molecule has 7 atom stereocenters. The lowest BCUT2D eigenvalue weighted by Gasteiger charge is -2.40. The van der Waals surface area contributed by atoms with E-state index in [0.29, 0.717) is 25.1 Å². The van der Waals surface area contributed by atoms with Crippen LogP contribution in [0.5, 0.6) is 0 Å². The molecule has 1 saturated heterocycles. The second-order valence-corrected chi connectivity index (χ2v) is 15.3. The fourth-order valence-corrected chi connectivity index (χ4v) is 8.13. The lowest BCUT2D eigenvalue weighted by atomic mass is 9.82. The first-order chi connectivity index (χ1) is 23.9. The largest absolute Gasteiger partial charge is 0.381 e. The fraction of sp³-hybridized carbons (Fsp3) is 0.730. The zero-order chi connectivity index (χ0) is 36.0.